The lowest BCUT2D eigenvalue weighted by molar-refractivity contribution is -0.136. The highest BCUT2D eigenvalue weighted by Gasteiger charge is 2.45. The van der Waals surface area contributed by atoms with Crippen LogP contribution in [0.5, 0.6) is 5.75 Å². The van der Waals surface area contributed by atoms with Crippen LogP contribution in [-0.2, 0) is 19.1 Å². The summed E-state index contributed by atoms with van der Waals surface area (Å²) in [4.78, 5) is 67.1. The molecule has 2 aromatic rings. The average Bonchev–Trinajstić information content (AvgIpc) is 3.32. The molecule has 52 heavy (non-hydrogen) atoms. The van der Waals surface area contributed by atoms with Crippen LogP contribution < -0.4 is 20.3 Å². The molecule has 282 valence electrons. The molecule has 0 radical (unpaired) electrons. The van der Waals surface area contributed by atoms with Gasteiger partial charge >= 0.3 is 6.09 Å². The van der Waals surface area contributed by atoms with Crippen molar-refractivity contribution in [3.05, 3.63) is 58.9 Å². The molecule has 14 heteroatoms. The van der Waals surface area contributed by atoms with E-state index < -0.39 is 47.2 Å². The number of hydrogen-bond acceptors (Lipinski definition) is 10. The van der Waals surface area contributed by atoms with Crippen molar-refractivity contribution in [3.8, 4) is 5.75 Å². The van der Waals surface area contributed by atoms with Gasteiger partial charge in [-0.05, 0) is 83.2 Å². The Kier molecular flexibility index (Phi) is 12.9. The zero-order valence-corrected chi connectivity index (χ0v) is 30.5. The maximum atomic E-state index is 15.2. The number of amides is 5. The Morgan fingerprint density at radius 2 is 1.63 bits per heavy atom. The molecular formula is C38H50FN5O8. The van der Waals surface area contributed by atoms with Gasteiger partial charge in [0, 0.05) is 45.8 Å². The van der Waals surface area contributed by atoms with Crippen LogP contribution in [0.15, 0.2) is 36.4 Å². The molecular weight excluding hydrogens is 673 g/mol. The zero-order valence-electron chi connectivity index (χ0n) is 30.5. The summed E-state index contributed by atoms with van der Waals surface area (Å²) >= 11 is 0. The average molecular weight is 724 g/mol. The van der Waals surface area contributed by atoms with Gasteiger partial charge in [-0.2, -0.15) is 0 Å². The van der Waals surface area contributed by atoms with E-state index in [4.69, 9.17) is 14.2 Å². The van der Waals surface area contributed by atoms with Gasteiger partial charge in [0.25, 0.3) is 11.8 Å². The van der Waals surface area contributed by atoms with Crippen LogP contribution >= 0.6 is 0 Å². The largest absolute Gasteiger partial charge is 0.494 e. The highest BCUT2D eigenvalue weighted by atomic mass is 19.1. The number of nitrogens with zero attached hydrogens (tertiary/aromatic N) is 3. The van der Waals surface area contributed by atoms with Crippen LogP contribution in [0.2, 0.25) is 0 Å². The Labute approximate surface area is 304 Å². The van der Waals surface area contributed by atoms with E-state index in [1.165, 1.54) is 6.07 Å². The predicted octanol–water partition coefficient (Wildman–Crippen LogP) is 4.59. The molecule has 2 atom stereocenters. The summed E-state index contributed by atoms with van der Waals surface area (Å²) in [5.74, 6) is -2.35. The number of anilines is 1. The first kappa shape index (κ1) is 38.7. The Morgan fingerprint density at radius 1 is 0.942 bits per heavy atom. The number of fused-ring (bicyclic) bond motifs is 1. The summed E-state index contributed by atoms with van der Waals surface area (Å²) in [6, 6.07) is 8.90. The number of halogens is 1. The van der Waals surface area contributed by atoms with Crippen LogP contribution in [0.3, 0.4) is 0 Å². The number of benzene rings is 2. The number of carbonyl (C=O) groups is 5. The van der Waals surface area contributed by atoms with E-state index in [-0.39, 0.29) is 35.7 Å². The molecule has 0 saturated carbocycles. The Balaban J connectivity index is 0.940. The molecule has 3 aliphatic heterocycles. The molecule has 2 aromatic carbocycles. The fourth-order valence-electron chi connectivity index (χ4n) is 6.52. The molecule has 0 aliphatic carbocycles. The van der Waals surface area contributed by atoms with Gasteiger partial charge in [0.2, 0.25) is 11.8 Å². The first-order valence-corrected chi connectivity index (χ1v) is 18.1. The molecule has 0 aromatic heterocycles. The van der Waals surface area contributed by atoms with E-state index in [9.17, 15) is 24.0 Å². The maximum Gasteiger partial charge on any atom is 0.408 e. The van der Waals surface area contributed by atoms with E-state index in [1.807, 2.05) is 56.9 Å². The minimum Gasteiger partial charge on any atom is -0.494 e. The number of piperidine rings is 1. The summed E-state index contributed by atoms with van der Waals surface area (Å²) in [6.07, 6.45) is 3.55. The second-order valence-corrected chi connectivity index (χ2v) is 14.4. The predicted molar refractivity (Wildman–Crippen MR) is 191 cm³/mol. The van der Waals surface area contributed by atoms with Crippen molar-refractivity contribution in [1.82, 2.24) is 20.4 Å². The van der Waals surface area contributed by atoms with Gasteiger partial charge in [-0.25, -0.2) is 9.18 Å². The lowest BCUT2D eigenvalue weighted by atomic mass is 10.0. The smallest absolute Gasteiger partial charge is 0.408 e. The summed E-state index contributed by atoms with van der Waals surface area (Å²) in [5.41, 5.74) is 0.638. The van der Waals surface area contributed by atoms with Crippen LogP contribution in [0, 0.1) is 5.82 Å². The highest BCUT2D eigenvalue weighted by molar-refractivity contribution is 6.23. The SMILES string of the molecule is C[C@@H](NC(=O)OC(C)(C)C)c1cccc(OCCCCCCOCCN2CCN(c3cc4c(cc3F)C(=O)N(C3CCC(=O)NC3=O)C4=O)CC2)c1. The van der Waals surface area contributed by atoms with Gasteiger partial charge in [0.1, 0.15) is 23.2 Å². The number of alkyl carbamates (subject to hydrolysis) is 1. The van der Waals surface area contributed by atoms with Crippen molar-refractivity contribution < 1.29 is 42.6 Å². The number of hydrogen-bond donors (Lipinski definition) is 2. The van der Waals surface area contributed by atoms with Crippen LogP contribution in [0.25, 0.3) is 0 Å². The molecule has 1 unspecified atom stereocenters. The van der Waals surface area contributed by atoms with E-state index in [0.717, 1.165) is 54.5 Å². The summed E-state index contributed by atoms with van der Waals surface area (Å²) < 4.78 is 32.4. The highest BCUT2D eigenvalue weighted by Crippen LogP contribution is 2.33. The fraction of sp³-hybridized carbons (Fsp3) is 0.553. The normalized spacial score (nSPS) is 18.7. The number of rotatable bonds is 15. The van der Waals surface area contributed by atoms with E-state index in [0.29, 0.717) is 46.0 Å². The number of imide groups is 2. The molecule has 3 heterocycles. The first-order valence-electron chi connectivity index (χ1n) is 18.1. The Hall–Kier alpha value is -4.56. The van der Waals surface area contributed by atoms with Crippen LogP contribution in [0.1, 0.15) is 98.5 Å². The van der Waals surface area contributed by atoms with Gasteiger partial charge in [0.15, 0.2) is 0 Å². The Morgan fingerprint density at radius 3 is 2.33 bits per heavy atom. The van der Waals surface area contributed by atoms with E-state index >= 15 is 4.39 Å². The third-order valence-electron chi connectivity index (χ3n) is 9.32. The van der Waals surface area contributed by atoms with Gasteiger partial charge in [-0.1, -0.05) is 18.6 Å². The maximum absolute atomic E-state index is 15.2. The second-order valence-electron chi connectivity index (χ2n) is 14.4. The number of nitrogens with one attached hydrogen (secondary N) is 2. The molecule has 0 spiro atoms. The third kappa shape index (κ3) is 10.1. The molecule has 5 amide bonds. The minimum absolute atomic E-state index is 0.0202. The van der Waals surface area contributed by atoms with E-state index in [1.54, 1.807) is 0 Å². The van der Waals surface area contributed by atoms with Crippen molar-refractivity contribution in [3.63, 3.8) is 0 Å². The number of ether oxygens (including phenoxy) is 3. The molecule has 2 N–H and O–H groups in total. The summed E-state index contributed by atoms with van der Waals surface area (Å²) in [5, 5.41) is 5.02. The summed E-state index contributed by atoms with van der Waals surface area (Å²) in [7, 11) is 0. The third-order valence-corrected chi connectivity index (χ3v) is 9.32. The van der Waals surface area contributed by atoms with Gasteiger partial charge < -0.3 is 24.4 Å². The fourth-order valence-corrected chi connectivity index (χ4v) is 6.52. The van der Waals surface area contributed by atoms with Crippen molar-refractivity contribution in [2.75, 3.05) is 57.4 Å². The molecule has 2 saturated heterocycles. The van der Waals surface area contributed by atoms with Crippen molar-refractivity contribution in [2.45, 2.75) is 83.9 Å². The lowest BCUT2D eigenvalue weighted by Crippen LogP contribution is -2.54. The van der Waals surface area contributed by atoms with E-state index in [2.05, 4.69) is 15.5 Å². The van der Waals surface area contributed by atoms with Gasteiger partial charge in [0.05, 0.1) is 36.1 Å². The van der Waals surface area contributed by atoms with Crippen LogP contribution in [-0.4, -0.2) is 104 Å². The Bertz CT molecular complexity index is 1640. The molecule has 2 fully saturated rings. The lowest BCUT2D eigenvalue weighted by Gasteiger charge is -2.36. The van der Waals surface area contributed by atoms with Gasteiger partial charge in [-0.15, -0.1) is 0 Å². The molecule has 5 rings (SSSR count). The zero-order chi connectivity index (χ0) is 37.4. The minimum atomic E-state index is -1.09. The first-order chi connectivity index (χ1) is 24.8. The molecule has 13 nitrogen and oxygen atoms in total. The van der Waals surface area contributed by atoms with Crippen molar-refractivity contribution in [1.29, 1.82) is 0 Å². The van der Waals surface area contributed by atoms with Crippen molar-refractivity contribution >= 4 is 35.4 Å². The van der Waals surface area contributed by atoms with Crippen molar-refractivity contribution in [2.24, 2.45) is 0 Å². The standard InChI is InChI=1S/C38H50FN5O8/c1-25(40-37(49)52-38(2,3)4)26-10-9-11-27(22-26)51-20-8-6-5-7-19-50-21-18-42-14-16-43(17-15-42)32-24-29-28(23-30(32)39)35(47)44(36(29)48)31-12-13-33(45)41-34(31)46/h9-11,22-25,31H,5-8,12-21H2,1-4H3,(H,40,49)(H,41,45,46)/t25-,31?/m1/s1. The molecule has 0 bridgehead atoms. The quantitative estimate of drug-likeness (QED) is 0.198. The van der Waals surface area contributed by atoms with Gasteiger partial charge in [-0.3, -0.25) is 34.3 Å². The number of unbranched alkanes of at least 4 members (excludes halogenated alkanes) is 3. The van der Waals surface area contributed by atoms with Crippen LogP contribution in [0.4, 0.5) is 14.9 Å². The molecule has 3 aliphatic rings. The second kappa shape index (κ2) is 17.3. The topological polar surface area (TPSA) is 147 Å². The summed E-state index contributed by atoms with van der Waals surface area (Å²) in [6.45, 7) is 12.5. The number of piperazine rings is 1. The number of carbonyl (C=O) groups excluding carboxylic acids is 5. The monoisotopic (exact) mass is 723 g/mol.